The third-order valence-corrected chi connectivity index (χ3v) is 6.13. The Morgan fingerprint density at radius 1 is 1.07 bits per heavy atom. The second-order valence-corrected chi connectivity index (χ2v) is 8.04. The number of ether oxygens (including phenoxy) is 2. The quantitative estimate of drug-likeness (QED) is 0.618. The molecule has 3 rings (SSSR count). The minimum atomic E-state index is -1.24. The van der Waals surface area contributed by atoms with Gasteiger partial charge in [-0.2, -0.15) is 0 Å². The van der Waals surface area contributed by atoms with Gasteiger partial charge < -0.3 is 14.8 Å². The summed E-state index contributed by atoms with van der Waals surface area (Å²) in [5, 5.41) is 3.43. The molecule has 148 valence electrons. The number of hydrogen-bond acceptors (Lipinski definition) is 4. The van der Waals surface area contributed by atoms with E-state index in [0.29, 0.717) is 37.1 Å². The zero-order valence-corrected chi connectivity index (χ0v) is 18.4. The van der Waals surface area contributed by atoms with E-state index >= 15 is 0 Å². The van der Waals surface area contributed by atoms with E-state index < -0.39 is 17.5 Å². The molecule has 0 aromatic heterocycles. The van der Waals surface area contributed by atoms with E-state index in [1.165, 1.54) is 14.2 Å². The molecule has 1 N–H and O–H groups in total. The molecule has 1 aliphatic rings. The van der Waals surface area contributed by atoms with Crippen LogP contribution in [0.15, 0.2) is 34.8 Å². The summed E-state index contributed by atoms with van der Waals surface area (Å²) >= 11 is 15.5. The number of nitrogens with zero attached hydrogens (tertiary/aromatic N) is 1. The van der Waals surface area contributed by atoms with Crippen LogP contribution in [-0.2, 0) is 16.9 Å². The fourth-order valence-electron chi connectivity index (χ4n) is 3.03. The van der Waals surface area contributed by atoms with Gasteiger partial charge in [0.05, 0.1) is 30.8 Å². The van der Waals surface area contributed by atoms with Crippen LogP contribution in [0.1, 0.15) is 18.1 Å². The first-order valence-corrected chi connectivity index (χ1v) is 9.76. The van der Waals surface area contributed by atoms with Gasteiger partial charge in [-0.3, -0.25) is 9.69 Å². The predicted octanol–water partition coefficient (Wildman–Crippen LogP) is 4.74. The molecule has 0 bridgehead atoms. The van der Waals surface area contributed by atoms with Crippen LogP contribution < -0.4 is 14.8 Å². The summed E-state index contributed by atoms with van der Waals surface area (Å²) < 4.78 is 11.3. The standard InChI is InChI=1S/C19H17BrCl2N2O4/c1-19(11-4-5-13(21)14(22)7-11)17(25)24(18(26)23-19)9-10-6-15(27-2)16(28-3)8-12(10)20/h4-8H,9H2,1-3H3,(H,23,26). The van der Waals surface area contributed by atoms with Gasteiger partial charge in [0, 0.05) is 4.47 Å². The van der Waals surface area contributed by atoms with Gasteiger partial charge >= 0.3 is 6.03 Å². The van der Waals surface area contributed by atoms with Crippen LogP contribution in [0.2, 0.25) is 10.0 Å². The van der Waals surface area contributed by atoms with E-state index in [0.717, 1.165) is 4.90 Å². The molecule has 6 nitrogen and oxygen atoms in total. The Morgan fingerprint density at radius 2 is 1.71 bits per heavy atom. The number of halogens is 3. The zero-order valence-electron chi connectivity index (χ0n) is 15.3. The van der Waals surface area contributed by atoms with Gasteiger partial charge in [0.15, 0.2) is 11.5 Å². The van der Waals surface area contributed by atoms with Crippen molar-refractivity contribution in [3.8, 4) is 11.5 Å². The molecule has 1 heterocycles. The summed E-state index contributed by atoms with van der Waals surface area (Å²) in [6, 6.07) is 7.79. The number of nitrogens with one attached hydrogen (secondary N) is 1. The monoisotopic (exact) mass is 486 g/mol. The van der Waals surface area contributed by atoms with Crippen LogP contribution >= 0.6 is 39.1 Å². The van der Waals surface area contributed by atoms with Gasteiger partial charge in [-0.1, -0.05) is 45.2 Å². The summed E-state index contributed by atoms with van der Waals surface area (Å²) in [7, 11) is 3.05. The summed E-state index contributed by atoms with van der Waals surface area (Å²) in [6.45, 7) is 1.69. The first-order chi connectivity index (χ1) is 13.2. The lowest BCUT2D eigenvalue weighted by atomic mass is 9.92. The Hall–Kier alpha value is -1.96. The second kappa shape index (κ2) is 7.81. The minimum absolute atomic E-state index is 0.0581. The van der Waals surface area contributed by atoms with Crippen LogP contribution in [0.25, 0.3) is 0 Å². The second-order valence-electron chi connectivity index (χ2n) is 6.37. The molecular formula is C19H17BrCl2N2O4. The van der Waals surface area contributed by atoms with E-state index in [-0.39, 0.29) is 6.54 Å². The number of urea groups is 1. The Balaban J connectivity index is 1.93. The van der Waals surface area contributed by atoms with Crippen molar-refractivity contribution in [2.24, 2.45) is 0 Å². The molecule has 0 radical (unpaired) electrons. The van der Waals surface area contributed by atoms with Crippen LogP contribution in [0.3, 0.4) is 0 Å². The SMILES string of the molecule is COc1cc(Br)c(CN2C(=O)NC(C)(c3ccc(Cl)c(Cl)c3)C2=O)cc1OC. The van der Waals surface area contributed by atoms with Crippen LogP contribution in [0.5, 0.6) is 11.5 Å². The highest BCUT2D eigenvalue weighted by Crippen LogP contribution is 2.37. The van der Waals surface area contributed by atoms with Gasteiger partial charge in [0.25, 0.3) is 5.91 Å². The minimum Gasteiger partial charge on any atom is -0.493 e. The predicted molar refractivity (Wildman–Crippen MR) is 110 cm³/mol. The van der Waals surface area contributed by atoms with E-state index in [4.69, 9.17) is 32.7 Å². The molecule has 1 saturated heterocycles. The van der Waals surface area contributed by atoms with Gasteiger partial charge in [-0.25, -0.2) is 4.79 Å². The van der Waals surface area contributed by atoms with Gasteiger partial charge in [-0.15, -0.1) is 0 Å². The summed E-state index contributed by atoms with van der Waals surface area (Å²) in [5.74, 6) is 0.647. The Kier molecular flexibility index (Phi) is 5.79. The lowest BCUT2D eigenvalue weighted by Gasteiger charge is -2.23. The van der Waals surface area contributed by atoms with Gasteiger partial charge in [-0.05, 0) is 42.3 Å². The van der Waals surface area contributed by atoms with Crippen molar-refractivity contribution in [1.82, 2.24) is 10.2 Å². The average molecular weight is 488 g/mol. The molecule has 0 saturated carbocycles. The molecule has 1 fully saturated rings. The Morgan fingerprint density at radius 3 is 2.32 bits per heavy atom. The highest BCUT2D eigenvalue weighted by molar-refractivity contribution is 9.10. The number of amides is 3. The fourth-order valence-corrected chi connectivity index (χ4v) is 3.78. The summed E-state index contributed by atoms with van der Waals surface area (Å²) in [5.41, 5.74) is 0.00241. The maximum atomic E-state index is 13.1. The lowest BCUT2D eigenvalue weighted by Crippen LogP contribution is -2.40. The maximum absolute atomic E-state index is 13.1. The number of imide groups is 1. The number of carbonyl (C=O) groups excluding carboxylic acids is 2. The highest BCUT2D eigenvalue weighted by Gasteiger charge is 2.49. The fraction of sp³-hybridized carbons (Fsp3) is 0.263. The van der Waals surface area contributed by atoms with Crippen molar-refractivity contribution < 1.29 is 19.1 Å². The van der Waals surface area contributed by atoms with Crippen molar-refractivity contribution in [2.45, 2.75) is 19.0 Å². The number of rotatable bonds is 5. The van der Waals surface area contributed by atoms with Gasteiger partial charge in [0.1, 0.15) is 5.54 Å². The van der Waals surface area contributed by atoms with Crippen molar-refractivity contribution in [1.29, 1.82) is 0 Å². The molecule has 0 spiro atoms. The molecule has 3 amide bonds. The van der Waals surface area contributed by atoms with E-state index in [1.54, 1.807) is 37.3 Å². The average Bonchev–Trinajstić information content (AvgIpc) is 2.88. The van der Waals surface area contributed by atoms with Crippen molar-refractivity contribution >= 4 is 51.1 Å². The maximum Gasteiger partial charge on any atom is 0.325 e. The van der Waals surface area contributed by atoms with Gasteiger partial charge in [0.2, 0.25) is 0 Å². The third kappa shape index (κ3) is 3.54. The van der Waals surface area contributed by atoms with Crippen LogP contribution in [-0.4, -0.2) is 31.1 Å². The Bertz CT molecular complexity index is 969. The summed E-state index contributed by atoms with van der Waals surface area (Å²) in [4.78, 5) is 26.9. The first kappa shape index (κ1) is 20.8. The molecule has 28 heavy (non-hydrogen) atoms. The molecule has 0 aliphatic carbocycles. The number of benzene rings is 2. The van der Waals surface area contributed by atoms with Crippen LogP contribution in [0.4, 0.5) is 4.79 Å². The number of carbonyl (C=O) groups is 2. The molecule has 1 atom stereocenters. The van der Waals surface area contributed by atoms with E-state index in [9.17, 15) is 9.59 Å². The molecule has 2 aromatic rings. The third-order valence-electron chi connectivity index (χ3n) is 4.65. The Labute approximate surface area is 180 Å². The van der Waals surface area contributed by atoms with Crippen LogP contribution in [0, 0.1) is 0 Å². The molecule has 2 aromatic carbocycles. The molecule has 1 aliphatic heterocycles. The lowest BCUT2D eigenvalue weighted by molar-refractivity contribution is -0.131. The van der Waals surface area contributed by atoms with Crippen molar-refractivity contribution in [2.75, 3.05) is 14.2 Å². The van der Waals surface area contributed by atoms with Crippen molar-refractivity contribution in [3.05, 3.63) is 56.0 Å². The molecule has 9 heteroatoms. The molecular weight excluding hydrogens is 471 g/mol. The number of methoxy groups -OCH3 is 2. The first-order valence-electron chi connectivity index (χ1n) is 8.21. The zero-order chi connectivity index (χ0) is 20.6. The summed E-state index contributed by atoms with van der Waals surface area (Å²) in [6.07, 6.45) is 0. The largest absolute Gasteiger partial charge is 0.493 e. The smallest absolute Gasteiger partial charge is 0.325 e. The van der Waals surface area contributed by atoms with E-state index in [2.05, 4.69) is 21.2 Å². The van der Waals surface area contributed by atoms with E-state index in [1.807, 2.05) is 0 Å². The van der Waals surface area contributed by atoms with Crippen molar-refractivity contribution in [3.63, 3.8) is 0 Å². The highest BCUT2D eigenvalue weighted by atomic mass is 79.9. The normalized spacial score (nSPS) is 19.0. The topological polar surface area (TPSA) is 67.9 Å². The molecule has 1 unspecified atom stereocenters. The number of hydrogen-bond donors (Lipinski definition) is 1.